The summed E-state index contributed by atoms with van der Waals surface area (Å²) >= 11 is 0. The second-order valence-electron chi connectivity index (χ2n) is 2.26. The predicted molar refractivity (Wildman–Crippen MR) is 41.8 cm³/mol. The molecule has 0 saturated carbocycles. The van der Waals surface area contributed by atoms with Gasteiger partial charge in [-0.15, -0.1) is 0 Å². The van der Waals surface area contributed by atoms with Gasteiger partial charge in [0.05, 0.1) is 11.7 Å². The molecule has 0 amide bonds. The van der Waals surface area contributed by atoms with Crippen molar-refractivity contribution in [3.63, 3.8) is 0 Å². The number of hydrogen-bond donors (Lipinski definition) is 1. The van der Waals surface area contributed by atoms with Crippen molar-refractivity contribution in [2.45, 2.75) is 6.04 Å². The lowest BCUT2D eigenvalue weighted by Gasteiger charge is -2.18. The molecule has 0 aromatic carbocycles. The third-order valence-electron chi connectivity index (χ3n) is 1.57. The van der Waals surface area contributed by atoms with Crippen molar-refractivity contribution >= 4 is 6.21 Å². The van der Waals surface area contributed by atoms with Crippen molar-refractivity contribution in [2.24, 2.45) is 4.99 Å². The van der Waals surface area contributed by atoms with Gasteiger partial charge in [-0.2, -0.15) is 0 Å². The van der Waals surface area contributed by atoms with E-state index in [2.05, 4.69) is 16.4 Å². The summed E-state index contributed by atoms with van der Waals surface area (Å²) in [6, 6.07) is 0.301. The van der Waals surface area contributed by atoms with Gasteiger partial charge < -0.3 is 5.32 Å². The van der Waals surface area contributed by atoms with Crippen LogP contribution in [-0.4, -0.2) is 12.3 Å². The van der Waals surface area contributed by atoms with Crippen molar-refractivity contribution < 1.29 is 0 Å². The van der Waals surface area contributed by atoms with E-state index >= 15 is 0 Å². The average Bonchev–Trinajstić information content (AvgIpc) is 2.05. The van der Waals surface area contributed by atoms with Crippen molar-refractivity contribution in [3.8, 4) is 0 Å². The van der Waals surface area contributed by atoms with Crippen LogP contribution in [0, 0.1) is 0 Å². The van der Waals surface area contributed by atoms with Gasteiger partial charge in [-0.25, -0.2) is 0 Å². The monoisotopic (exact) mass is 132 g/mol. The molecule has 2 rings (SSSR count). The minimum Gasteiger partial charge on any atom is -0.379 e. The number of aliphatic imine (C=N–C) groups is 1. The fourth-order valence-electron chi connectivity index (χ4n) is 1.06. The van der Waals surface area contributed by atoms with Gasteiger partial charge in [0.15, 0.2) is 0 Å². The molecule has 2 heteroatoms. The first-order valence-electron chi connectivity index (χ1n) is 3.30. The van der Waals surface area contributed by atoms with Gasteiger partial charge >= 0.3 is 0 Å². The number of allylic oxidation sites excluding steroid dienone is 3. The van der Waals surface area contributed by atoms with Crippen LogP contribution in [0.5, 0.6) is 0 Å². The zero-order chi connectivity index (χ0) is 6.81. The maximum atomic E-state index is 4.19. The van der Waals surface area contributed by atoms with Gasteiger partial charge in [-0.05, 0) is 24.4 Å². The lowest BCUT2D eigenvalue weighted by molar-refractivity contribution is 0.770. The number of nitrogens with zero attached hydrogens (tertiary/aromatic N) is 1. The van der Waals surface area contributed by atoms with Crippen molar-refractivity contribution in [1.29, 1.82) is 0 Å². The summed E-state index contributed by atoms with van der Waals surface area (Å²) in [6.07, 6.45) is 11.8. The molecule has 50 valence electrons. The molecule has 2 nitrogen and oxygen atoms in total. The fourth-order valence-corrected chi connectivity index (χ4v) is 1.06. The summed E-state index contributed by atoms with van der Waals surface area (Å²) in [5.74, 6) is 0. The highest BCUT2D eigenvalue weighted by atomic mass is 14.9. The second-order valence-corrected chi connectivity index (χ2v) is 2.26. The minimum atomic E-state index is 0.301. The van der Waals surface area contributed by atoms with Gasteiger partial charge in [0.25, 0.3) is 0 Å². The molecule has 0 bridgehead atoms. The highest BCUT2D eigenvalue weighted by Crippen LogP contribution is 2.12. The molecular formula is C8H8N2. The van der Waals surface area contributed by atoms with Crippen LogP contribution in [0.3, 0.4) is 0 Å². The first-order valence-corrected chi connectivity index (χ1v) is 3.30. The van der Waals surface area contributed by atoms with E-state index in [1.54, 1.807) is 0 Å². The quantitative estimate of drug-likeness (QED) is 0.522. The lowest BCUT2D eigenvalue weighted by atomic mass is 10.1. The van der Waals surface area contributed by atoms with E-state index in [9.17, 15) is 0 Å². The Morgan fingerprint density at radius 3 is 3.30 bits per heavy atom. The molecule has 1 unspecified atom stereocenters. The van der Waals surface area contributed by atoms with Crippen LogP contribution in [0.1, 0.15) is 0 Å². The molecule has 2 aliphatic rings. The molecule has 2 heterocycles. The summed E-state index contributed by atoms with van der Waals surface area (Å²) in [6.45, 7) is 0. The highest BCUT2D eigenvalue weighted by molar-refractivity contribution is 5.74. The maximum absolute atomic E-state index is 4.19. The molecule has 0 saturated heterocycles. The molecule has 1 N–H and O–H groups in total. The van der Waals surface area contributed by atoms with Gasteiger partial charge in [-0.3, -0.25) is 4.99 Å². The predicted octanol–water partition coefficient (Wildman–Crippen LogP) is 0.996. The van der Waals surface area contributed by atoms with Crippen LogP contribution in [0.4, 0.5) is 0 Å². The highest BCUT2D eigenvalue weighted by Gasteiger charge is 2.10. The van der Waals surface area contributed by atoms with Gasteiger partial charge in [-0.1, -0.05) is 6.08 Å². The van der Waals surface area contributed by atoms with Gasteiger partial charge in [0, 0.05) is 6.21 Å². The summed E-state index contributed by atoms with van der Waals surface area (Å²) < 4.78 is 0. The van der Waals surface area contributed by atoms with E-state index in [4.69, 9.17) is 0 Å². The van der Waals surface area contributed by atoms with Crippen molar-refractivity contribution in [1.82, 2.24) is 5.32 Å². The SMILES string of the molecule is C1=CNC2C=CC=NC2=C1. The summed E-state index contributed by atoms with van der Waals surface area (Å²) in [4.78, 5) is 4.19. The number of rotatable bonds is 0. The molecule has 0 aromatic rings. The Balaban J connectivity index is 2.34. The zero-order valence-corrected chi connectivity index (χ0v) is 5.49. The van der Waals surface area contributed by atoms with E-state index < -0.39 is 0 Å². The van der Waals surface area contributed by atoms with Crippen LogP contribution in [0.15, 0.2) is 41.2 Å². The van der Waals surface area contributed by atoms with E-state index in [-0.39, 0.29) is 0 Å². The molecule has 0 radical (unpaired) electrons. The Morgan fingerprint density at radius 2 is 2.40 bits per heavy atom. The van der Waals surface area contributed by atoms with Crippen LogP contribution < -0.4 is 5.32 Å². The van der Waals surface area contributed by atoms with Crippen molar-refractivity contribution in [3.05, 3.63) is 36.2 Å². The van der Waals surface area contributed by atoms with E-state index in [0.29, 0.717) is 6.04 Å². The standard InChI is InChI=1S/C8H8N2/c1-3-7-8(9-5-1)4-2-6-10-7/h1-7,10H. The third-order valence-corrected chi connectivity index (χ3v) is 1.57. The molecule has 0 aliphatic carbocycles. The average molecular weight is 132 g/mol. The van der Waals surface area contributed by atoms with E-state index in [1.165, 1.54) is 0 Å². The number of dihydropyridines is 2. The first kappa shape index (κ1) is 5.47. The largest absolute Gasteiger partial charge is 0.379 e. The minimum absolute atomic E-state index is 0.301. The Morgan fingerprint density at radius 1 is 1.40 bits per heavy atom. The molecule has 1 atom stereocenters. The lowest BCUT2D eigenvalue weighted by Crippen LogP contribution is -2.26. The normalized spacial score (nSPS) is 27.2. The smallest absolute Gasteiger partial charge is 0.0869 e. The first-order chi connectivity index (χ1) is 4.97. The molecule has 0 aromatic heterocycles. The Hall–Kier alpha value is -1.31. The van der Waals surface area contributed by atoms with Gasteiger partial charge in [0.1, 0.15) is 0 Å². The summed E-state index contributed by atoms with van der Waals surface area (Å²) in [5.41, 5.74) is 1.09. The Labute approximate surface area is 59.7 Å². The molecule has 2 aliphatic heterocycles. The topological polar surface area (TPSA) is 24.4 Å². The third kappa shape index (κ3) is 0.778. The fraction of sp³-hybridized carbons (Fsp3) is 0.125. The number of nitrogens with one attached hydrogen (secondary N) is 1. The van der Waals surface area contributed by atoms with Crippen LogP contribution in [-0.2, 0) is 0 Å². The van der Waals surface area contributed by atoms with Crippen LogP contribution >= 0.6 is 0 Å². The Kier molecular flexibility index (Phi) is 1.17. The van der Waals surface area contributed by atoms with Crippen LogP contribution in [0.25, 0.3) is 0 Å². The molecule has 0 spiro atoms. The second kappa shape index (κ2) is 2.14. The summed E-state index contributed by atoms with van der Waals surface area (Å²) in [7, 11) is 0. The van der Waals surface area contributed by atoms with Crippen molar-refractivity contribution in [2.75, 3.05) is 0 Å². The molecule has 10 heavy (non-hydrogen) atoms. The Bertz CT molecular complexity index is 246. The molecule has 0 fully saturated rings. The maximum Gasteiger partial charge on any atom is 0.0869 e. The van der Waals surface area contributed by atoms with E-state index in [1.807, 2.05) is 30.6 Å². The number of hydrogen-bond acceptors (Lipinski definition) is 2. The summed E-state index contributed by atoms with van der Waals surface area (Å²) in [5, 5.41) is 3.17. The number of fused-ring (bicyclic) bond motifs is 1. The zero-order valence-electron chi connectivity index (χ0n) is 5.49. The van der Waals surface area contributed by atoms with Gasteiger partial charge in [0.2, 0.25) is 0 Å². The van der Waals surface area contributed by atoms with E-state index in [0.717, 1.165) is 5.70 Å². The molecular weight excluding hydrogens is 124 g/mol. The van der Waals surface area contributed by atoms with Crippen LogP contribution in [0.2, 0.25) is 0 Å².